The molecule has 0 bridgehead atoms. The number of nitrogens with zero attached hydrogens (tertiary/aromatic N) is 1. The smallest absolute Gasteiger partial charge is 0.336 e. The zero-order chi connectivity index (χ0) is 21.2. The van der Waals surface area contributed by atoms with Crippen LogP contribution in [0.25, 0.3) is 0 Å². The lowest BCUT2D eigenvalue weighted by Crippen LogP contribution is -2.42. The molecule has 7 nitrogen and oxygen atoms in total. The average Bonchev–Trinajstić information content (AvgIpc) is 3.45. The van der Waals surface area contributed by atoms with E-state index in [0.29, 0.717) is 22.8 Å². The van der Waals surface area contributed by atoms with Gasteiger partial charge < -0.3 is 24.2 Å². The van der Waals surface area contributed by atoms with Crippen LogP contribution in [0.2, 0.25) is 0 Å². The highest BCUT2D eigenvalue weighted by atomic mass is 16.7. The molecule has 0 saturated heterocycles. The largest absolute Gasteiger partial charge is 0.491 e. The molecule has 0 saturated carbocycles. The third kappa shape index (κ3) is 2.34. The number of hydrogen-bond donors (Lipinski definition) is 1. The molecule has 0 fully saturated rings. The number of ether oxygens (including phenoxy) is 3. The maximum absolute atomic E-state index is 14.0. The van der Waals surface area contributed by atoms with E-state index in [4.69, 9.17) is 14.2 Å². The first-order chi connectivity index (χ1) is 15.1. The number of para-hydroxylation sites is 1. The van der Waals surface area contributed by atoms with E-state index in [1.807, 2.05) is 30.3 Å². The number of benzene rings is 3. The second-order valence-electron chi connectivity index (χ2n) is 7.77. The summed E-state index contributed by atoms with van der Waals surface area (Å²) in [5.41, 5.74) is 2.07. The Morgan fingerprint density at radius 2 is 1.68 bits per heavy atom. The van der Waals surface area contributed by atoms with Crippen molar-refractivity contribution < 1.29 is 28.9 Å². The molecular formula is C24H17NO6. The van der Waals surface area contributed by atoms with E-state index in [1.54, 1.807) is 35.2 Å². The summed E-state index contributed by atoms with van der Waals surface area (Å²) >= 11 is 0. The predicted molar refractivity (Wildman–Crippen MR) is 110 cm³/mol. The minimum Gasteiger partial charge on any atom is -0.491 e. The molecule has 154 valence electrons. The van der Waals surface area contributed by atoms with E-state index < -0.39 is 11.4 Å². The number of anilines is 1. The van der Waals surface area contributed by atoms with E-state index in [-0.39, 0.29) is 31.4 Å². The molecule has 0 radical (unpaired) electrons. The highest BCUT2D eigenvalue weighted by Gasteiger charge is 2.57. The van der Waals surface area contributed by atoms with Crippen LogP contribution in [0.4, 0.5) is 5.69 Å². The van der Waals surface area contributed by atoms with Gasteiger partial charge in [-0.1, -0.05) is 36.4 Å². The van der Waals surface area contributed by atoms with Gasteiger partial charge in [0.15, 0.2) is 11.5 Å². The number of carbonyl (C=O) groups is 2. The molecule has 3 heterocycles. The Morgan fingerprint density at radius 3 is 2.52 bits per heavy atom. The summed E-state index contributed by atoms with van der Waals surface area (Å²) in [5.74, 6) is 0.615. The quantitative estimate of drug-likeness (QED) is 0.706. The number of amides is 1. The number of carbonyl (C=O) groups excluding carboxylic acids is 1. The van der Waals surface area contributed by atoms with Gasteiger partial charge in [-0.3, -0.25) is 4.79 Å². The number of fused-ring (bicyclic) bond motifs is 5. The van der Waals surface area contributed by atoms with Crippen LogP contribution in [0.15, 0.2) is 60.7 Å². The van der Waals surface area contributed by atoms with Gasteiger partial charge in [-0.05, 0) is 29.3 Å². The summed E-state index contributed by atoms with van der Waals surface area (Å²) in [5, 5.41) is 9.58. The zero-order valence-corrected chi connectivity index (χ0v) is 16.3. The molecule has 1 amide bonds. The van der Waals surface area contributed by atoms with Crippen molar-refractivity contribution >= 4 is 17.6 Å². The van der Waals surface area contributed by atoms with E-state index in [2.05, 4.69) is 0 Å². The van der Waals surface area contributed by atoms with Crippen LogP contribution in [0.1, 0.15) is 27.0 Å². The summed E-state index contributed by atoms with van der Waals surface area (Å²) in [7, 11) is 0. The van der Waals surface area contributed by atoms with Crippen LogP contribution >= 0.6 is 0 Å². The first-order valence-electron chi connectivity index (χ1n) is 9.89. The molecule has 1 atom stereocenters. The number of carboxylic acid groups (broad SMARTS) is 1. The fourth-order valence-electron chi connectivity index (χ4n) is 4.76. The molecule has 0 aliphatic carbocycles. The zero-order valence-electron chi connectivity index (χ0n) is 16.3. The third-order valence-corrected chi connectivity index (χ3v) is 6.22. The summed E-state index contributed by atoms with van der Waals surface area (Å²) in [6.45, 7) is 0.450. The Kier molecular flexibility index (Phi) is 3.59. The van der Waals surface area contributed by atoms with Crippen LogP contribution in [-0.4, -0.2) is 30.4 Å². The van der Waals surface area contributed by atoms with Crippen molar-refractivity contribution in [2.75, 3.05) is 18.3 Å². The van der Waals surface area contributed by atoms with Crippen LogP contribution in [0.5, 0.6) is 17.2 Å². The fraction of sp³-hybridized carbons (Fsp3) is 0.167. The first kappa shape index (κ1) is 17.8. The van der Waals surface area contributed by atoms with Crippen molar-refractivity contribution in [3.05, 3.63) is 82.9 Å². The second-order valence-corrected chi connectivity index (χ2v) is 7.77. The van der Waals surface area contributed by atoms with Gasteiger partial charge in [0.05, 0.1) is 12.1 Å². The lowest BCUT2D eigenvalue weighted by Gasteiger charge is -2.23. The van der Waals surface area contributed by atoms with Gasteiger partial charge in [0.1, 0.15) is 17.8 Å². The number of aromatic carboxylic acids is 1. The summed E-state index contributed by atoms with van der Waals surface area (Å²) in [4.78, 5) is 27.3. The average molecular weight is 415 g/mol. The third-order valence-electron chi connectivity index (χ3n) is 6.22. The molecule has 6 rings (SSSR count). The molecule has 3 aliphatic heterocycles. The van der Waals surface area contributed by atoms with Gasteiger partial charge in [-0.25, -0.2) is 4.79 Å². The van der Waals surface area contributed by atoms with Crippen molar-refractivity contribution in [1.29, 1.82) is 0 Å². The molecule has 0 aromatic heterocycles. The molecule has 1 unspecified atom stereocenters. The SMILES string of the molecule is O=C(O)c1ccccc1CN1C(=O)C2(COc3cc4c(cc32)OCO4)c2ccccc21. The molecule has 3 aromatic rings. The Balaban J connectivity index is 1.50. The van der Waals surface area contributed by atoms with E-state index in [0.717, 1.165) is 16.8 Å². The van der Waals surface area contributed by atoms with Gasteiger partial charge in [0, 0.05) is 17.3 Å². The van der Waals surface area contributed by atoms with Gasteiger partial charge in [0.2, 0.25) is 12.7 Å². The van der Waals surface area contributed by atoms with Crippen molar-refractivity contribution in [2.24, 2.45) is 0 Å². The molecule has 1 N–H and O–H groups in total. The van der Waals surface area contributed by atoms with Gasteiger partial charge in [-0.2, -0.15) is 0 Å². The second kappa shape index (κ2) is 6.25. The summed E-state index contributed by atoms with van der Waals surface area (Å²) < 4.78 is 17.0. The van der Waals surface area contributed by atoms with Crippen molar-refractivity contribution in [3.63, 3.8) is 0 Å². The highest BCUT2D eigenvalue weighted by molar-refractivity contribution is 6.11. The minimum absolute atomic E-state index is 0.133. The molecule has 3 aliphatic rings. The Bertz CT molecular complexity index is 1270. The maximum Gasteiger partial charge on any atom is 0.336 e. The molecular weight excluding hydrogens is 398 g/mol. The number of carboxylic acids is 1. The highest BCUT2D eigenvalue weighted by Crippen LogP contribution is 2.55. The Hall–Kier alpha value is -4.00. The van der Waals surface area contributed by atoms with Gasteiger partial charge in [0.25, 0.3) is 0 Å². The lowest BCUT2D eigenvalue weighted by molar-refractivity contribution is -0.122. The monoisotopic (exact) mass is 415 g/mol. The van der Waals surface area contributed by atoms with Gasteiger partial charge >= 0.3 is 5.97 Å². The van der Waals surface area contributed by atoms with Crippen molar-refractivity contribution in [3.8, 4) is 17.2 Å². The first-order valence-corrected chi connectivity index (χ1v) is 9.89. The summed E-state index contributed by atoms with van der Waals surface area (Å²) in [6.07, 6.45) is 0. The van der Waals surface area contributed by atoms with Crippen LogP contribution in [-0.2, 0) is 16.8 Å². The number of rotatable bonds is 3. The molecule has 1 spiro atoms. The van der Waals surface area contributed by atoms with Gasteiger partial charge in [-0.15, -0.1) is 0 Å². The van der Waals surface area contributed by atoms with Crippen LogP contribution in [0.3, 0.4) is 0 Å². The lowest BCUT2D eigenvalue weighted by atomic mass is 9.77. The standard InChI is InChI=1S/C24H17NO6/c26-22(27)15-6-2-1-5-14(15)11-25-18-8-4-3-7-16(18)24(23(25)28)12-29-19-10-21-20(9-17(19)24)30-13-31-21/h1-10H,11-13H2,(H,26,27). The Labute approximate surface area is 177 Å². The van der Waals surface area contributed by atoms with Crippen molar-refractivity contribution in [2.45, 2.75) is 12.0 Å². The maximum atomic E-state index is 14.0. The van der Waals surface area contributed by atoms with E-state index in [9.17, 15) is 14.7 Å². The predicted octanol–water partition coefficient (Wildman–Crippen LogP) is 3.34. The van der Waals surface area contributed by atoms with Crippen LogP contribution < -0.4 is 19.1 Å². The van der Waals surface area contributed by atoms with E-state index >= 15 is 0 Å². The number of hydrogen-bond acceptors (Lipinski definition) is 5. The molecule has 7 heteroatoms. The van der Waals surface area contributed by atoms with E-state index in [1.165, 1.54) is 0 Å². The Morgan fingerprint density at radius 1 is 0.935 bits per heavy atom. The molecule has 31 heavy (non-hydrogen) atoms. The van der Waals surface area contributed by atoms with Crippen molar-refractivity contribution in [1.82, 2.24) is 0 Å². The summed E-state index contributed by atoms with van der Waals surface area (Å²) in [6, 6.07) is 17.9. The molecule has 3 aromatic carbocycles. The minimum atomic E-state index is -1.02. The van der Waals surface area contributed by atoms with Crippen LogP contribution in [0, 0.1) is 0 Å². The normalized spacial score (nSPS) is 20.0. The topological polar surface area (TPSA) is 85.3 Å². The fourth-order valence-corrected chi connectivity index (χ4v) is 4.76.